The molecule has 0 unspecified atom stereocenters. The van der Waals surface area contributed by atoms with Crippen LogP contribution in [0.1, 0.15) is 11.1 Å². The van der Waals surface area contributed by atoms with E-state index in [1.807, 2.05) is 30.5 Å². The maximum Gasteiger partial charge on any atom is 0.416 e. The maximum atomic E-state index is 12.6. The third kappa shape index (κ3) is 6.15. The molecule has 0 heterocycles. The van der Waals surface area contributed by atoms with E-state index in [-0.39, 0.29) is 12.2 Å². The number of amides is 1. The highest BCUT2D eigenvalue weighted by Gasteiger charge is 2.30. The van der Waals surface area contributed by atoms with Crippen LogP contribution in [0.3, 0.4) is 0 Å². The molecule has 0 aliphatic carbocycles. The lowest BCUT2D eigenvalue weighted by atomic mass is 10.2. The number of thioether (sulfide) groups is 1. The largest absolute Gasteiger partial charge is 0.416 e. The molecule has 2 aromatic rings. The molecule has 0 spiro atoms. The Bertz CT molecular complexity index is 746. The first kappa shape index (κ1) is 18.9. The summed E-state index contributed by atoms with van der Waals surface area (Å²) in [5, 5.41) is 6.45. The molecule has 2 rings (SSSR count). The minimum atomic E-state index is -4.42. The van der Waals surface area contributed by atoms with Crippen LogP contribution in [0.5, 0.6) is 0 Å². The summed E-state index contributed by atoms with van der Waals surface area (Å²) < 4.78 is 37.8. The van der Waals surface area contributed by atoms with Crippen molar-refractivity contribution in [1.82, 2.24) is 5.43 Å². The van der Waals surface area contributed by atoms with Crippen molar-refractivity contribution in [3.63, 3.8) is 0 Å². The summed E-state index contributed by atoms with van der Waals surface area (Å²) in [5.74, 6) is -0.464. The highest BCUT2D eigenvalue weighted by atomic mass is 32.2. The van der Waals surface area contributed by atoms with Gasteiger partial charge < -0.3 is 5.32 Å². The lowest BCUT2D eigenvalue weighted by Gasteiger charge is -2.10. The molecule has 0 bridgehead atoms. The van der Waals surface area contributed by atoms with Gasteiger partial charge in [0, 0.05) is 10.6 Å². The van der Waals surface area contributed by atoms with Gasteiger partial charge in [-0.15, -0.1) is 11.8 Å². The van der Waals surface area contributed by atoms with Crippen molar-refractivity contribution in [3.05, 3.63) is 59.7 Å². The molecule has 0 atom stereocenters. The molecule has 0 aromatic heterocycles. The van der Waals surface area contributed by atoms with Gasteiger partial charge in [0.2, 0.25) is 0 Å². The number of nitrogens with zero attached hydrogens (tertiary/aromatic N) is 1. The van der Waals surface area contributed by atoms with Crippen molar-refractivity contribution in [2.45, 2.75) is 11.1 Å². The fraction of sp³-hybridized carbons (Fsp3) is 0.176. The third-order valence-corrected chi connectivity index (χ3v) is 3.91. The average molecular weight is 367 g/mol. The van der Waals surface area contributed by atoms with E-state index in [4.69, 9.17) is 0 Å². The second-order valence-corrected chi connectivity index (χ2v) is 5.88. The molecule has 25 heavy (non-hydrogen) atoms. The topological polar surface area (TPSA) is 53.5 Å². The first-order chi connectivity index (χ1) is 11.9. The van der Waals surface area contributed by atoms with Crippen molar-refractivity contribution in [2.75, 3.05) is 18.1 Å². The molecule has 0 saturated heterocycles. The Morgan fingerprint density at radius 2 is 1.92 bits per heavy atom. The van der Waals surface area contributed by atoms with Gasteiger partial charge in [-0.3, -0.25) is 4.79 Å². The number of benzene rings is 2. The zero-order valence-corrected chi connectivity index (χ0v) is 14.1. The predicted octanol–water partition coefficient (Wildman–Crippen LogP) is 3.99. The number of hydrogen-bond acceptors (Lipinski definition) is 4. The van der Waals surface area contributed by atoms with Gasteiger partial charge >= 0.3 is 6.18 Å². The fourth-order valence-corrected chi connectivity index (χ4v) is 2.30. The second-order valence-electron chi connectivity index (χ2n) is 5.00. The van der Waals surface area contributed by atoms with E-state index in [0.29, 0.717) is 0 Å². The minimum Gasteiger partial charge on any atom is -0.376 e. The maximum absolute atomic E-state index is 12.6. The van der Waals surface area contributed by atoms with Crippen LogP contribution in [0.2, 0.25) is 0 Å². The molecule has 2 aromatic carbocycles. The Morgan fingerprint density at radius 1 is 1.20 bits per heavy atom. The normalized spacial score (nSPS) is 11.5. The van der Waals surface area contributed by atoms with Crippen LogP contribution in [0.25, 0.3) is 0 Å². The van der Waals surface area contributed by atoms with Gasteiger partial charge in [0.15, 0.2) is 0 Å². The highest BCUT2D eigenvalue weighted by Crippen LogP contribution is 2.30. The number of hydrogen-bond donors (Lipinski definition) is 2. The van der Waals surface area contributed by atoms with Gasteiger partial charge in [-0.1, -0.05) is 18.2 Å². The van der Waals surface area contributed by atoms with Gasteiger partial charge in [0.25, 0.3) is 5.91 Å². The van der Waals surface area contributed by atoms with Crippen LogP contribution in [0, 0.1) is 0 Å². The lowest BCUT2D eigenvalue weighted by molar-refractivity contribution is -0.137. The Morgan fingerprint density at radius 3 is 2.56 bits per heavy atom. The SMILES string of the molecule is CSc1ccc(C=NNC(=O)CNc2cccc(C(F)(F)F)c2)cc1. The standard InChI is InChI=1S/C17H16F3N3OS/c1-25-15-7-5-12(6-8-15)10-22-23-16(24)11-21-14-4-2-3-13(9-14)17(18,19)20/h2-10,21H,11H2,1H3,(H,23,24). The summed E-state index contributed by atoms with van der Waals surface area (Å²) >= 11 is 1.62. The molecule has 132 valence electrons. The number of carbonyl (C=O) groups excluding carboxylic acids is 1. The van der Waals surface area contributed by atoms with Gasteiger partial charge in [-0.05, 0) is 42.2 Å². The Labute approximate surface area is 147 Å². The molecular weight excluding hydrogens is 351 g/mol. The Kier molecular flexibility index (Phi) is 6.46. The van der Waals surface area contributed by atoms with E-state index in [1.54, 1.807) is 11.8 Å². The lowest BCUT2D eigenvalue weighted by Crippen LogP contribution is -2.26. The van der Waals surface area contributed by atoms with Crippen LogP contribution in [-0.4, -0.2) is 24.9 Å². The average Bonchev–Trinajstić information content (AvgIpc) is 2.60. The minimum absolute atomic E-state index is 0.190. The van der Waals surface area contributed by atoms with Gasteiger partial charge in [0.1, 0.15) is 0 Å². The number of rotatable bonds is 6. The zero-order chi connectivity index (χ0) is 18.3. The third-order valence-electron chi connectivity index (χ3n) is 3.16. The van der Waals surface area contributed by atoms with E-state index in [9.17, 15) is 18.0 Å². The number of nitrogens with one attached hydrogen (secondary N) is 2. The van der Waals surface area contributed by atoms with E-state index >= 15 is 0 Å². The number of alkyl halides is 3. The van der Waals surface area contributed by atoms with Crippen molar-refractivity contribution in [2.24, 2.45) is 5.10 Å². The molecule has 4 nitrogen and oxygen atoms in total. The molecule has 0 fully saturated rings. The molecule has 8 heteroatoms. The Balaban J connectivity index is 1.83. The fourth-order valence-electron chi connectivity index (χ4n) is 1.90. The van der Waals surface area contributed by atoms with E-state index in [2.05, 4.69) is 15.8 Å². The second kappa shape index (κ2) is 8.57. The summed E-state index contributed by atoms with van der Waals surface area (Å²) in [4.78, 5) is 12.8. The smallest absolute Gasteiger partial charge is 0.376 e. The number of anilines is 1. The van der Waals surface area contributed by atoms with Crippen LogP contribution in [0.4, 0.5) is 18.9 Å². The monoisotopic (exact) mass is 367 g/mol. The number of halogens is 3. The zero-order valence-electron chi connectivity index (χ0n) is 13.3. The quantitative estimate of drug-likeness (QED) is 0.461. The van der Waals surface area contributed by atoms with Gasteiger partial charge in [-0.25, -0.2) is 5.43 Å². The summed E-state index contributed by atoms with van der Waals surface area (Å²) in [6.07, 6.45) is -0.955. The Hall–Kier alpha value is -2.48. The molecule has 0 saturated carbocycles. The van der Waals surface area contributed by atoms with E-state index in [1.165, 1.54) is 18.3 Å². The van der Waals surface area contributed by atoms with E-state index < -0.39 is 17.6 Å². The molecule has 1 amide bonds. The molecule has 0 radical (unpaired) electrons. The number of carbonyl (C=O) groups is 1. The summed E-state index contributed by atoms with van der Waals surface area (Å²) in [6, 6.07) is 12.2. The molecule has 2 N–H and O–H groups in total. The van der Waals surface area contributed by atoms with E-state index in [0.717, 1.165) is 22.6 Å². The van der Waals surface area contributed by atoms with Crippen LogP contribution < -0.4 is 10.7 Å². The summed E-state index contributed by atoms with van der Waals surface area (Å²) in [7, 11) is 0. The molecular formula is C17H16F3N3OS. The van der Waals surface area contributed by atoms with Gasteiger partial charge in [0.05, 0.1) is 18.3 Å². The van der Waals surface area contributed by atoms with Crippen molar-refractivity contribution in [1.29, 1.82) is 0 Å². The summed E-state index contributed by atoms with van der Waals surface area (Å²) in [6.45, 7) is -0.190. The molecule has 0 aliphatic heterocycles. The molecule has 0 aliphatic rings. The highest BCUT2D eigenvalue weighted by molar-refractivity contribution is 7.98. The van der Waals surface area contributed by atoms with Gasteiger partial charge in [-0.2, -0.15) is 18.3 Å². The number of hydrazone groups is 1. The summed E-state index contributed by atoms with van der Waals surface area (Å²) in [5.41, 5.74) is 2.57. The van der Waals surface area contributed by atoms with Crippen molar-refractivity contribution in [3.8, 4) is 0 Å². The van der Waals surface area contributed by atoms with Crippen LogP contribution in [-0.2, 0) is 11.0 Å². The van der Waals surface area contributed by atoms with Crippen LogP contribution >= 0.6 is 11.8 Å². The first-order valence-electron chi connectivity index (χ1n) is 7.25. The van der Waals surface area contributed by atoms with Crippen molar-refractivity contribution >= 4 is 29.6 Å². The predicted molar refractivity (Wildman–Crippen MR) is 93.9 cm³/mol. The van der Waals surface area contributed by atoms with Crippen molar-refractivity contribution < 1.29 is 18.0 Å². The first-order valence-corrected chi connectivity index (χ1v) is 8.48. The van der Waals surface area contributed by atoms with Crippen LogP contribution in [0.15, 0.2) is 58.5 Å².